The highest BCUT2D eigenvalue weighted by molar-refractivity contribution is 7.80. The fraction of sp³-hybridized carbons (Fsp3) is 0. The molecule has 0 aliphatic heterocycles. The number of nitrogens with zero attached hydrogens (tertiary/aromatic N) is 1. The van der Waals surface area contributed by atoms with Crippen molar-refractivity contribution in [3.63, 3.8) is 0 Å². The topological polar surface area (TPSA) is 98.8 Å². The maximum Gasteiger partial charge on any atom is 0.345 e. The standard InChI is InChI=1S/C2H5N3O3S/c3-1(6)5(8)2(9)4-7/h7-8H,(H2,3,6)(H,4,9). The molecule has 0 aromatic heterocycles. The molecule has 0 bridgehead atoms. The van der Waals surface area contributed by atoms with Crippen molar-refractivity contribution in [1.29, 1.82) is 0 Å². The third-order valence-corrected chi connectivity index (χ3v) is 0.761. The van der Waals surface area contributed by atoms with Crippen LogP contribution in [0.3, 0.4) is 0 Å². The smallest absolute Gasteiger partial charge is 0.345 e. The molecule has 0 aliphatic carbocycles. The quantitative estimate of drug-likeness (QED) is 0.202. The van der Waals surface area contributed by atoms with Gasteiger partial charge in [-0.05, 0) is 12.2 Å². The van der Waals surface area contributed by atoms with Crippen molar-refractivity contribution >= 4 is 23.4 Å². The van der Waals surface area contributed by atoms with Crippen LogP contribution in [0.4, 0.5) is 4.79 Å². The summed E-state index contributed by atoms with van der Waals surface area (Å²) >= 11 is 4.17. The molecule has 2 amide bonds. The van der Waals surface area contributed by atoms with Crippen LogP contribution in [0.15, 0.2) is 0 Å². The highest BCUT2D eigenvalue weighted by atomic mass is 32.1. The van der Waals surface area contributed by atoms with Gasteiger partial charge in [0, 0.05) is 0 Å². The van der Waals surface area contributed by atoms with E-state index < -0.39 is 11.1 Å². The van der Waals surface area contributed by atoms with Gasteiger partial charge < -0.3 is 5.73 Å². The molecule has 0 heterocycles. The van der Waals surface area contributed by atoms with Gasteiger partial charge in [-0.3, -0.25) is 10.4 Å². The Morgan fingerprint density at radius 3 is 2.33 bits per heavy atom. The maximum absolute atomic E-state index is 9.96. The molecule has 5 N–H and O–H groups in total. The van der Waals surface area contributed by atoms with E-state index in [1.807, 2.05) is 0 Å². The fourth-order valence-corrected chi connectivity index (χ4v) is 0.237. The van der Waals surface area contributed by atoms with E-state index in [-0.39, 0.29) is 5.06 Å². The Morgan fingerprint density at radius 2 is 2.22 bits per heavy atom. The number of amides is 2. The largest absolute Gasteiger partial charge is 0.349 e. The van der Waals surface area contributed by atoms with Gasteiger partial charge in [-0.15, -0.1) is 5.06 Å². The Labute approximate surface area is 55.8 Å². The van der Waals surface area contributed by atoms with Crippen molar-refractivity contribution in [2.24, 2.45) is 5.73 Å². The number of hydrogen-bond acceptors (Lipinski definition) is 4. The van der Waals surface area contributed by atoms with E-state index in [0.29, 0.717) is 0 Å². The predicted molar refractivity (Wildman–Crippen MR) is 30.7 cm³/mol. The zero-order valence-electron chi connectivity index (χ0n) is 4.24. The van der Waals surface area contributed by atoms with Crippen molar-refractivity contribution in [2.75, 3.05) is 0 Å². The van der Waals surface area contributed by atoms with Gasteiger partial charge in [0.15, 0.2) is 0 Å². The molecule has 0 atom stereocenters. The molecule has 6 nitrogen and oxygen atoms in total. The minimum absolute atomic E-state index is 0.102. The van der Waals surface area contributed by atoms with Gasteiger partial charge in [-0.1, -0.05) is 0 Å². The van der Waals surface area contributed by atoms with Gasteiger partial charge in [-0.2, -0.15) is 0 Å². The summed E-state index contributed by atoms with van der Waals surface area (Å²) in [5.41, 5.74) is 5.86. The molecule has 0 rings (SSSR count). The molecule has 52 valence electrons. The molecule has 0 saturated carbocycles. The molecular weight excluding hydrogens is 146 g/mol. The number of carbonyl (C=O) groups is 1. The highest BCUT2D eigenvalue weighted by Crippen LogP contribution is 1.80. The SMILES string of the molecule is NC(=O)N(O)C(=S)NO. The molecule has 0 radical (unpaired) electrons. The summed E-state index contributed by atoms with van der Waals surface area (Å²) in [7, 11) is 0. The Kier molecular flexibility index (Phi) is 2.85. The number of urea groups is 1. The van der Waals surface area contributed by atoms with Crippen molar-refractivity contribution < 1.29 is 15.2 Å². The van der Waals surface area contributed by atoms with Crippen molar-refractivity contribution in [2.45, 2.75) is 0 Å². The normalized spacial score (nSPS) is 8.22. The summed E-state index contributed by atoms with van der Waals surface area (Å²) in [6.45, 7) is 0. The second kappa shape index (κ2) is 3.17. The Bertz CT molecular complexity index is 137. The Hall–Kier alpha value is -0.920. The highest BCUT2D eigenvalue weighted by Gasteiger charge is 2.09. The van der Waals surface area contributed by atoms with Crippen LogP contribution in [0.2, 0.25) is 0 Å². The number of nitrogens with two attached hydrogens (primary N) is 1. The number of thiocarbonyl (C=S) groups is 1. The molecule has 0 unspecified atom stereocenters. The molecule has 0 aromatic carbocycles. The first-order valence-corrected chi connectivity index (χ1v) is 2.23. The number of hydroxylamine groups is 3. The first-order chi connectivity index (χ1) is 4.09. The predicted octanol–water partition coefficient (Wildman–Crippen LogP) is -0.980. The summed E-state index contributed by atoms with van der Waals surface area (Å²) in [6, 6.07) is -1.17. The second-order valence-corrected chi connectivity index (χ2v) is 1.45. The monoisotopic (exact) mass is 151 g/mol. The molecule has 0 fully saturated rings. The molecular formula is C2H5N3O3S. The number of rotatable bonds is 0. The van der Waals surface area contributed by atoms with Crippen molar-refractivity contribution in [3.8, 4) is 0 Å². The van der Waals surface area contributed by atoms with Gasteiger partial charge in [0.2, 0.25) is 5.11 Å². The zero-order chi connectivity index (χ0) is 7.44. The summed E-state index contributed by atoms with van der Waals surface area (Å²) in [5, 5.41) is 15.7. The van der Waals surface area contributed by atoms with Gasteiger partial charge in [0.05, 0.1) is 0 Å². The first kappa shape index (κ1) is 8.08. The van der Waals surface area contributed by atoms with Crippen molar-refractivity contribution in [3.05, 3.63) is 0 Å². The number of primary amides is 1. The van der Waals surface area contributed by atoms with Crippen LogP contribution < -0.4 is 11.2 Å². The number of nitrogens with one attached hydrogen (secondary N) is 1. The Balaban J connectivity index is 3.88. The minimum atomic E-state index is -1.17. The van der Waals surface area contributed by atoms with Crippen LogP contribution in [-0.2, 0) is 0 Å². The van der Waals surface area contributed by atoms with E-state index in [9.17, 15) is 4.79 Å². The van der Waals surface area contributed by atoms with E-state index in [1.54, 1.807) is 0 Å². The van der Waals surface area contributed by atoms with Gasteiger partial charge >= 0.3 is 6.03 Å². The first-order valence-electron chi connectivity index (χ1n) is 1.82. The van der Waals surface area contributed by atoms with Crippen LogP contribution >= 0.6 is 12.2 Å². The second-order valence-electron chi connectivity index (χ2n) is 1.07. The zero-order valence-corrected chi connectivity index (χ0v) is 5.05. The van der Waals surface area contributed by atoms with E-state index in [4.69, 9.17) is 10.4 Å². The van der Waals surface area contributed by atoms with E-state index >= 15 is 0 Å². The van der Waals surface area contributed by atoms with Crippen molar-refractivity contribution in [1.82, 2.24) is 10.5 Å². The Morgan fingerprint density at radius 1 is 1.78 bits per heavy atom. The number of carbonyl (C=O) groups excluding carboxylic acids is 1. The summed E-state index contributed by atoms with van der Waals surface area (Å²) < 4.78 is 0. The van der Waals surface area contributed by atoms with Crippen LogP contribution in [0.1, 0.15) is 0 Å². The van der Waals surface area contributed by atoms with Crippen LogP contribution in [-0.4, -0.2) is 26.6 Å². The number of hydrogen-bond donors (Lipinski definition) is 4. The lowest BCUT2D eigenvalue weighted by atomic mass is 10.9. The molecule has 0 aromatic rings. The van der Waals surface area contributed by atoms with Crippen LogP contribution in [0, 0.1) is 0 Å². The van der Waals surface area contributed by atoms with E-state index in [1.165, 1.54) is 5.48 Å². The fourth-order valence-electron chi connectivity index (χ4n) is 0.147. The molecule has 9 heavy (non-hydrogen) atoms. The minimum Gasteiger partial charge on any atom is -0.349 e. The van der Waals surface area contributed by atoms with E-state index in [2.05, 4.69) is 18.0 Å². The summed E-state index contributed by atoms with van der Waals surface area (Å²) in [5.74, 6) is 0. The van der Waals surface area contributed by atoms with Gasteiger partial charge in [-0.25, -0.2) is 10.3 Å². The lowest BCUT2D eigenvalue weighted by Crippen LogP contribution is -2.42. The third-order valence-electron chi connectivity index (χ3n) is 0.497. The van der Waals surface area contributed by atoms with Gasteiger partial charge in [0.25, 0.3) is 0 Å². The average Bonchev–Trinajstić information content (AvgIpc) is 1.84. The molecule has 0 saturated heterocycles. The van der Waals surface area contributed by atoms with Crippen LogP contribution in [0.25, 0.3) is 0 Å². The summed E-state index contributed by atoms with van der Waals surface area (Å²) in [4.78, 5) is 9.96. The lowest BCUT2D eigenvalue weighted by Gasteiger charge is -2.09. The molecule has 0 spiro atoms. The van der Waals surface area contributed by atoms with E-state index in [0.717, 1.165) is 0 Å². The average molecular weight is 151 g/mol. The maximum atomic E-state index is 9.96. The van der Waals surface area contributed by atoms with Gasteiger partial charge in [0.1, 0.15) is 0 Å². The lowest BCUT2D eigenvalue weighted by molar-refractivity contribution is 0.0201. The van der Waals surface area contributed by atoms with Crippen LogP contribution in [0.5, 0.6) is 0 Å². The molecule has 7 heteroatoms. The summed E-state index contributed by atoms with van der Waals surface area (Å²) in [6.07, 6.45) is 0. The third kappa shape index (κ3) is 2.22. The molecule has 0 aliphatic rings.